The Balaban J connectivity index is 1.91. The predicted molar refractivity (Wildman–Crippen MR) is 104 cm³/mol. The summed E-state index contributed by atoms with van der Waals surface area (Å²) < 4.78 is 25.5. The van der Waals surface area contributed by atoms with Crippen LogP contribution in [0.15, 0.2) is 83.9 Å². The summed E-state index contributed by atoms with van der Waals surface area (Å²) >= 11 is 0. The van der Waals surface area contributed by atoms with Crippen LogP contribution in [0.25, 0.3) is 0 Å². The molecule has 26 heavy (non-hydrogen) atoms. The van der Waals surface area contributed by atoms with Gasteiger partial charge in [-0.1, -0.05) is 36.4 Å². The van der Waals surface area contributed by atoms with E-state index in [4.69, 9.17) is 0 Å². The second-order valence-electron chi connectivity index (χ2n) is 5.78. The molecule has 1 N–H and O–H groups in total. The van der Waals surface area contributed by atoms with Gasteiger partial charge in [-0.15, -0.1) is 0 Å². The van der Waals surface area contributed by atoms with Crippen molar-refractivity contribution in [2.75, 3.05) is 24.5 Å². The second kappa shape index (κ2) is 7.55. The number of hydrogen-bond acceptors (Lipinski definition) is 5. The van der Waals surface area contributed by atoms with Gasteiger partial charge in [0.05, 0.1) is 11.4 Å². The predicted octanol–water partition coefficient (Wildman–Crippen LogP) is 3.50. The van der Waals surface area contributed by atoms with E-state index in [2.05, 4.69) is 10.4 Å². The van der Waals surface area contributed by atoms with Gasteiger partial charge in [-0.05, 0) is 36.4 Å². The molecule has 0 spiro atoms. The van der Waals surface area contributed by atoms with Crippen LogP contribution in [-0.2, 0) is 10.0 Å². The minimum Gasteiger partial charge on any atom is -0.277 e. The summed E-state index contributed by atoms with van der Waals surface area (Å²) in [5.41, 5.74) is 5.10. The van der Waals surface area contributed by atoms with Crippen LogP contribution in [0.1, 0.15) is 0 Å². The van der Waals surface area contributed by atoms with Gasteiger partial charge >= 0.3 is 0 Å². The van der Waals surface area contributed by atoms with E-state index in [0.29, 0.717) is 5.82 Å². The monoisotopic (exact) mass is 368 g/mol. The Bertz CT molecular complexity index is 904. The molecule has 1 aromatic heterocycles. The number of nitrogens with one attached hydrogen (secondary N) is 1. The molecule has 0 radical (unpaired) electrons. The molecule has 0 unspecified atom stereocenters. The summed E-state index contributed by atoms with van der Waals surface area (Å²) in [7, 11) is -0.509. The topological polar surface area (TPSA) is 65.5 Å². The van der Waals surface area contributed by atoms with Gasteiger partial charge in [0.2, 0.25) is 10.0 Å². The number of aromatic nitrogens is 1. The Morgan fingerprint density at radius 2 is 1.35 bits per heavy atom. The van der Waals surface area contributed by atoms with E-state index in [1.165, 1.54) is 20.3 Å². The summed E-state index contributed by atoms with van der Waals surface area (Å²) in [5.74, 6) is 0.537. The first-order chi connectivity index (χ1) is 12.5. The maximum atomic E-state index is 12.2. The fourth-order valence-corrected chi connectivity index (χ4v) is 3.20. The molecular weight excluding hydrogens is 348 g/mol. The smallest absolute Gasteiger partial charge is 0.244 e. The molecule has 0 aliphatic heterocycles. The van der Waals surface area contributed by atoms with Gasteiger partial charge in [0.1, 0.15) is 10.7 Å². The van der Waals surface area contributed by atoms with E-state index in [9.17, 15) is 8.42 Å². The molecule has 2 aromatic carbocycles. The van der Waals surface area contributed by atoms with Crippen LogP contribution in [0.2, 0.25) is 0 Å². The second-order valence-corrected chi connectivity index (χ2v) is 7.94. The first-order valence-corrected chi connectivity index (χ1v) is 9.48. The average molecular weight is 368 g/mol. The van der Waals surface area contributed by atoms with Crippen molar-refractivity contribution in [2.24, 2.45) is 0 Å². The van der Waals surface area contributed by atoms with Gasteiger partial charge in [0.15, 0.2) is 0 Å². The lowest BCUT2D eigenvalue weighted by Gasteiger charge is -2.26. The summed E-state index contributed by atoms with van der Waals surface area (Å²) in [6.07, 6.45) is 1.35. The zero-order chi connectivity index (χ0) is 18.6. The molecule has 3 aromatic rings. The number of pyridine rings is 1. The lowest BCUT2D eigenvalue weighted by atomic mass is 10.2. The highest BCUT2D eigenvalue weighted by molar-refractivity contribution is 7.89. The first kappa shape index (κ1) is 17.9. The molecule has 134 valence electrons. The zero-order valence-electron chi connectivity index (χ0n) is 14.6. The fourth-order valence-electron chi connectivity index (χ4n) is 2.36. The Hall–Kier alpha value is -2.90. The molecule has 0 aliphatic rings. The minimum absolute atomic E-state index is 0.152. The first-order valence-electron chi connectivity index (χ1n) is 8.04. The highest BCUT2D eigenvalue weighted by Crippen LogP contribution is 2.25. The molecule has 0 saturated carbocycles. The molecule has 0 bridgehead atoms. The largest absolute Gasteiger partial charge is 0.277 e. The van der Waals surface area contributed by atoms with E-state index in [1.54, 1.807) is 12.1 Å². The van der Waals surface area contributed by atoms with Crippen LogP contribution >= 0.6 is 0 Å². The number of benzene rings is 2. The van der Waals surface area contributed by atoms with Gasteiger partial charge in [-0.25, -0.2) is 17.7 Å². The fraction of sp³-hybridized carbons (Fsp3) is 0.105. The summed E-state index contributed by atoms with van der Waals surface area (Å²) in [6, 6.07) is 22.8. The van der Waals surface area contributed by atoms with Crippen molar-refractivity contribution in [2.45, 2.75) is 4.90 Å². The van der Waals surface area contributed by atoms with E-state index in [0.717, 1.165) is 15.7 Å². The number of para-hydroxylation sites is 2. The van der Waals surface area contributed by atoms with Crippen LogP contribution in [0, 0.1) is 0 Å². The molecule has 0 atom stereocenters. The SMILES string of the molecule is CN(C)S(=O)(=O)c1ccc(NN(c2ccccc2)c2ccccc2)nc1. The molecule has 0 fully saturated rings. The van der Waals surface area contributed by atoms with Gasteiger partial charge in [-0.3, -0.25) is 10.4 Å². The summed E-state index contributed by atoms with van der Waals surface area (Å²) in [4.78, 5) is 4.41. The lowest BCUT2D eigenvalue weighted by molar-refractivity contribution is 0.520. The zero-order valence-corrected chi connectivity index (χ0v) is 15.4. The Morgan fingerprint density at radius 1 is 0.808 bits per heavy atom. The van der Waals surface area contributed by atoms with Crippen LogP contribution in [-0.4, -0.2) is 31.8 Å². The van der Waals surface area contributed by atoms with Crippen molar-refractivity contribution >= 4 is 27.2 Å². The van der Waals surface area contributed by atoms with E-state index in [-0.39, 0.29) is 4.90 Å². The Labute approximate surface area is 153 Å². The normalized spacial score (nSPS) is 11.3. The maximum absolute atomic E-state index is 12.2. The standard InChI is InChI=1S/C19H20N4O2S/c1-22(2)26(24,25)18-13-14-19(20-15-18)21-23(16-9-5-3-6-10-16)17-11-7-4-8-12-17/h3-15H,1-2H3,(H,20,21). The van der Waals surface area contributed by atoms with Crippen molar-refractivity contribution in [1.29, 1.82) is 0 Å². The van der Waals surface area contributed by atoms with Crippen LogP contribution in [0.5, 0.6) is 0 Å². The third-order valence-electron chi connectivity index (χ3n) is 3.77. The van der Waals surface area contributed by atoms with Crippen molar-refractivity contribution in [3.8, 4) is 0 Å². The highest BCUT2D eigenvalue weighted by atomic mass is 32.2. The van der Waals surface area contributed by atoms with Crippen molar-refractivity contribution in [3.63, 3.8) is 0 Å². The molecule has 7 heteroatoms. The third-order valence-corrected chi connectivity index (χ3v) is 5.57. The van der Waals surface area contributed by atoms with Crippen molar-refractivity contribution in [3.05, 3.63) is 79.0 Å². The van der Waals surface area contributed by atoms with Crippen molar-refractivity contribution < 1.29 is 8.42 Å². The van der Waals surface area contributed by atoms with E-state index < -0.39 is 10.0 Å². The minimum atomic E-state index is -3.50. The Morgan fingerprint density at radius 3 is 1.77 bits per heavy atom. The molecule has 3 rings (SSSR count). The van der Waals surface area contributed by atoms with Crippen molar-refractivity contribution in [1.82, 2.24) is 9.29 Å². The molecule has 0 saturated heterocycles. The number of rotatable bonds is 6. The molecule has 0 aliphatic carbocycles. The molecular formula is C19H20N4O2S. The number of hydrazine groups is 1. The van der Waals surface area contributed by atoms with Gasteiger partial charge < -0.3 is 0 Å². The number of nitrogens with zero attached hydrogens (tertiary/aromatic N) is 3. The van der Waals surface area contributed by atoms with Gasteiger partial charge in [-0.2, -0.15) is 0 Å². The number of sulfonamides is 1. The quantitative estimate of drug-likeness (QED) is 0.675. The average Bonchev–Trinajstić information content (AvgIpc) is 2.68. The molecule has 6 nitrogen and oxygen atoms in total. The number of hydrogen-bond donors (Lipinski definition) is 1. The van der Waals surface area contributed by atoms with Gasteiger partial charge in [0, 0.05) is 20.3 Å². The van der Waals surface area contributed by atoms with Gasteiger partial charge in [0.25, 0.3) is 0 Å². The molecule has 0 amide bonds. The van der Waals surface area contributed by atoms with Crippen LogP contribution in [0.4, 0.5) is 17.2 Å². The van der Waals surface area contributed by atoms with Crippen LogP contribution < -0.4 is 10.4 Å². The number of anilines is 3. The summed E-state index contributed by atoms with van der Waals surface area (Å²) in [6.45, 7) is 0. The molecule has 1 heterocycles. The van der Waals surface area contributed by atoms with E-state index in [1.807, 2.05) is 65.7 Å². The Kier molecular flexibility index (Phi) is 5.20. The van der Waals surface area contributed by atoms with E-state index >= 15 is 0 Å². The highest BCUT2D eigenvalue weighted by Gasteiger charge is 2.18. The summed E-state index contributed by atoms with van der Waals surface area (Å²) in [5, 5.41) is 1.89. The maximum Gasteiger partial charge on any atom is 0.244 e. The van der Waals surface area contributed by atoms with Crippen LogP contribution in [0.3, 0.4) is 0 Å². The lowest BCUT2D eigenvalue weighted by Crippen LogP contribution is -2.25. The third kappa shape index (κ3) is 3.84.